The molecular weight excluding hydrogens is 721 g/mol. The lowest BCUT2D eigenvalue weighted by atomic mass is 9.73. The van der Waals surface area contributed by atoms with Crippen LogP contribution in [-0.4, -0.2) is 29.1 Å². The van der Waals surface area contributed by atoms with Gasteiger partial charge in [0, 0.05) is 21.9 Å². The molecule has 13 rings (SSSR count). The molecule has 6 nitrogen and oxygen atoms in total. The highest BCUT2D eigenvalue weighted by Gasteiger charge is 2.54. The standard InChI is InChI=1S/C53H32N6/c1-3-16-33(17-4-1)49-55-50(34-18-5-2-6-19-34)57-52(56-49)59-44-27-12-8-20-37(44)39-32-35(30-31-45(39)59)36-22-15-25-42-48(36)38-21-7-9-23-40(38)53(42)41-24-10-13-28-46(41)58-47-29-14-11-26-43(47)54-51(53)58/h1-32H. The largest absolute Gasteiger partial charge is 0.295 e. The monoisotopic (exact) mass is 752 g/mol. The molecule has 59 heavy (non-hydrogen) atoms. The zero-order valence-electron chi connectivity index (χ0n) is 31.7. The van der Waals surface area contributed by atoms with Crippen LogP contribution in [0.2, 0.25) is 0 Å². The molecule has 1 spiro atoms. The second-order valence-corrected chi connectivity index (χ2v) is 15.4. The van der Waals surface area contributed by atoms with Crippen LogP contribution in [0.1, 0.15) is 22.5 Å². The van der Waals surface area contributed by atoms with Crippen LogP contribution in [-0.2, 0) is 5.41 Å². The predicted octanol–water partition coefficient (Wildman–Crippen LogP) is 12.0. The van der Waals surface area contributed by atoms with E-state index >= 15 is 0 Å². The van der Waals surface area contributed by atoms with E-state index in [0.29, 0.717) is 17.6 Å². The van der Waals surface area contributed by atoms with Crippen molar-refractivity contribution >= 4 is 32.8 Å². The first-order valence-electron chi connectivity index (χ1n) is 20.0. The van der Waals surface area contributed by atoms with Gasteiger partial charge < -0.3 is 0 Å². The Morgan fingerprint density at radius 3 is 1.78 bits per heavy atom. The molecule has 6 heteroatoms. The van der Waals surface area contributed by atoms with Crippen molar-refractivity contribution in [2.24, 2.45) is 0 Å². The molecule has 0 radical (unpaired) electrons. The van der Waals surface area contributed by atoms with Crippen molar-refractivity contribution in [1.82, 2.24) is 29.1 Å². The molecule has 2 aliphatic rings. The van der Waals surface area contributed by atoms with E-state index in [9.17, 15) is 0 Å². The maximum Gasteiger partial charge on any atom is 0.238 e. The summed E-state index contributed by atoms with van der Waals surface area (Å²) >= 11 is 0. The first-order chi connectivity index (χ1) is 29.3. The third kappa shape index (κ3) is 4.34. The van der Waals surface area contributed by atoms with E-state index < -0.39 is 5.41 Å². The molecule has 4 heterocycles. The normalized spacial score (nSPS) is 14.8. The summed E-state index contributed by atoms with van der Waals surface area (Å²) in [6.07, 6.45) is 0. The fraction of sp³-hybridized carbons (Fsp3) is 0.0189. The number of hydrogen-bond acceptors (Lipinski definition) is 4. The van der Waals surface area contributed by atoms with Gasteiger partial charge in [-0.3, -0.25) is 9.13 Å². The van der Waals surface area contributed by atoms with Crippen LogP contribution in [0, 0.1) is 0 Å². The van der Waals surface area contributed by atoms with Gasteiger partial charge in [-0.1, -0.05) is 158 Å². The van der Waals surface area contributed by atoms with Crippen LogP contribution in [0.4, 0.5) is 0 Å². The smallest absolute Gasteiger partial charge is 0.238 e. The molecule has 0 saturated carbocycles. The topological polar surface area (TPSA) is 61.4 Å². The molecule has 0 bridgehead atoms. The summed E-state index contributed by atoms with van der Waals surface area (Å²) < 4.78 is 4.58. The van der Waals surface area contributed by atoms with Gasteiger partial charge in [-0.05, 0) is 75.3 Å². The summed E-state index contributed by atoms with van der Waals surface area (Å²) in [5, 5.41) is 2.27. The Morgan fingerprint density at radius 2 is 0.983 bits per heavy atom. The third-order valence-corrected chi connectivity index (χ3v) is 12.4. The molecule has 274 valence electrons. The third-order valence-electron chi connectivity index (χ3n) is 12.4. The lowest BCUT2D eigenvalue weighted by Crippen LogP contribution is -2.27. The van der Waals surface area contributed by atoms with Gasteiger partial charge >= 0.3 is 0 Å². The second kappa shape index (κ2) is 12.0. The molecule has 1 aliphatic carbocycles. The number of benzene rings is 8. The zero-order valence-corrected chi connectivity index (χ0v) is 31.7. The lowest BCUT2D eigenvalue weighted by Gasteiger charge is -2.27. The van der Waals surface area contributed by atoms with Crippen LogP contribution in [0.5, 0.6) is 0 Å². The average Bonchev–Trinajstić information content (AvgIpc) is 4.03. The molecule has 8 aromatic carbocycles. The molecular formula is C53H32N6. The van der Waals surface area contributed by atoms with Gasteiger partial charge in [0.15, 0.2) is 11.6 Å². The zero-order chi connectivity index (χ0) is 38.7. The van der Waals surface area contributed by atoms with Gasteiger partial charge in [0.25, 0.3) is 0 Å². The van der Waals surface area contributed by atoms with E-state index in [1.54, 1.807) is 0 Å². The van der Waals surface area contributed by atoms with Gasteiger partial charge in [-0.15, -0.1) is 0 Å². The molecule has 3 aromatic heterocycles. The van der Waals surface area contributed by atoms with Gasteiger partial charge in [-0.25, -0.2) is 9.97 Å². The Morgan fingerprint density at radius 1 is 0.373 bits per heavy atom. The van der Waals surface area contributed by atoms with E-state index in [0.717, 1.165) is 55.4 Å². The Balaban J connectivity index is 1.05. The van der Waals surface area contributed by atoms with E-state index in [-0.39, 0.29) is 0 Å². The van der Waals surface area contributed by atoms with E-state index in [1.165, 1.54) is 39.1 Å². The molecule has 11 aromatic rings. The molecule has 1 unspecified atom stereocenters. The summed E-state index contributed by atoms with van der Waals surface area (Å²) in [6, 6.07) is 68.8. The van der Waals surface area contributed by atoms with E-state index in [4.69, 9.17) is 19.9 Å². The number of imidazole rings is 1. The SMILES string of the molecule is c1ccc(-c2nc(-c3ccccc3)nc(-n3c4ccccc4c4cc(-c5cccc6c5-c5ccccc5C65c6ccccc6-n6c5nc5ccccc56)ccc43)n2)cc1. The van der Waals surface area contributed by atoms with E-state index in [1.807, 2.05) is 60.7 Å². The average molecular weight is 753 g/mol. The number of para-hydroxylation sites is 4. The highest BCUT2D eigenvalue weighted by atomic mass is 15.2. The van der Waals surface area contributed by atoms with Gasteiger partial charge in [0.05, 0.1) is 27.8 Å². The maximum absolute atomic E-state index is 5.44. The molecule has 0 saturated heterocycles. The van der Waals surface area contributed by atoms with Crippen LogP contribution in [0.15, 0.2) is 194 Å². The van der Waals surface area contributed by atoms with Gasteiger partial charge in [0.2, 0.25) is 5.95 Å². The summed E-state index contributed by atoms with van der Waals surface area (Å²) in [4.78, 5) is 20.7. The lowest BCUT2D eigenvalue weighted by molar-refractivity contribution is 0.738. The molecule has 0 fully saturated rings. The number of fused-ring (bicyclic) bond motifs is 15. The summed E-state index contributed by atoms with van der Waals surface area (Å²) in [6.45, 7) is 0. The number of hydrogen-bond donors (Lipinski definition) is 0. The summed E-state index contributed by atoms with van der Waals surface area (Å²) in [7, 11) is 0. The minimum Gasteiger partial charge on any atom is -0.295 e. The Hall–Kier alpha value is -7.96. The first kappa shape index (κ1) is 32.2. The Bertz CT molecular complexity index is 3450. The number of rotatable bonds is 4. The molecule has 1 atom stereocenters. The fourth-order valence-corrected chi connectivity index (χ4v) is 9.98. The van der Waals surface area contributed by atoms with Crippen molar-refractivity contribution in [2.75, 3.05) is 0 Å². The van der Waals surface area contributed by atoms with Crippen molar-refractivity contribution < 1.29 is 0 Å². The van der Waals surface area contributed by atoms with Crippen LogP contribution in [0.3, 0.4) is 0 Å². The van der Waals surface area contributed by atoms with Crippen LogP contribution >= 0.6 is 0 Å². The quantitative estimate of drug-likeness (QED) is 0.180. The number of nitrogens with zero attached hydrogens (tertiary/aromatic N) is 6. The summed E-state index contributed by atoms with van der Waals surface area (Å²) in [5.74, 6) is 2.89. The maximum atomic E-state index is 5.44. The molecule has 0 amide bonds. The van der Waals surface area contributed by atoms with Crippen LogP contribution < -0.4 is 0 Å². The second-order valence-electron chi connectivity index (χ2n) is 15.4. The van der Waals surface area contributed by atoms with Gasteiger partial charge in [-0.2, -0.15) is 9.97 Å². The Kier molecular flexibility index (Phi) is 6.55. The van der Waals surface area contributed by atoms with Crippen molar-refractivity contribution in [3.8, 4) is 56.7 Å². The molecule has 1 aliphatic heterocycles. The van der Waals surface area contributed by atoms with Crippen molar-refractivity contribution in [3.05, 3.63) is 217 Å². The van der Waals surface area contributed by atoms with Crippen LogP contribution in [0.25, 0.3) is 89.5 Å². The minimum absolute atomic E-state index is 0.566. The number of aromatic nitrogens is 6. The summed E-state index contributed by atoms with van der Waals surface area (Å²) in [5.41, 5.74) is 15.3. The van der Waals surface area contributed by atoms with Gasteiger partial charge in [0.1, 0.15) is 11.2 Å². The first-order valence-corrected chi connectivity index (χ1v) is 20.0. The molecule has 0 N–H and O–H groups in total. The highest BCUT2D eigenvalue weighted by molar-refractivity contribution is 6.11. The van der Waals surface area contributed by atoms with Crippen molar-refractivity contribution in [3.63, 3.8) is 0 Å². The highest BCUT2D eigenvalue weighted by Crippen LogP contribution is 2.62. The fourth-order valence-electron chi connectivity index (χ4n) is 9.98. The minimum atomic E-state index is -0.566. The predicted molar refractivity (Wildman–Crippen MR) is 236 cm³/mol. The van der Waals surface area contributed by atoms with E-state index in [2.05, 4.69) is 143 Å². The Labute approximate surface area is 339 Å². The van der Waals surface area contributed by atoms with Crippen molar-refractivity contribution in [2.45, 2.75) is 5.41 Å². The van der Waals surface area contributed by atoms with Crippen molar-refractivity contribution in [1.29, 1.82) is 0 Å².